The maximum atomic E-state index is 11.6. The molecule has 0 amide bonds. The van der Waals surface area contributed by atoms with E-state index in [0.717, 1.165) is 37.2 Å². The van der Waals surface area contributed by atoms with Crippen LogP contribution in [0.15, 0.2) is 36.4 Å². The first kappa shape index (κ1) is 20.8. The number of likely N-dealkylation sites (tertiary alicyclic amines) is 1. The van der Waals surface area contributed by atoms with Crippen molar-refractivity contribution in [3.05, 3.63) is 42.0 Å². The first-order valence-electron chi connectivity index (χ1n) is 12.2. The Morgan fingerprint density at radius 1 is 0.903 bits per heavy atom. The quantitative estimate of drug-likeness (QED) is 0.572. The van der Waals surface area contributed by atoms with Gasteiger partial charge in [-0.05, 0) is 72.1 Å². The molecule has 2 aromatic rings. The number of carbonyl (C=O) groups excluding carboxylic acids is 1. The third-order valence-electron chi connectivity index (χ3n) is 7.86. The van der Waals surface area contributed by atoms with E-state index in [9.17, 15) is 4.79 Å². The highest BCUT2D eigenvalue weighted by molar-refractivity contribution is 5.84. The van der Waals surface area contributed by atoms with Crippen LogP contribution < -0.4 is 4.74 Å². The van der Waals surface area contributed by atoms with Gasteiger partial charge >= 0.3 is 5.97 Å². The van der Waals surface area contributed by atoms with Gasteiger partial charge in [0.2, 0.25) is 0 Å². The van der Waals surface area contributed by atoms with Gasteiger partial charge in [0.1, 0.15) is 5.75 Å². The summed E-state index contributed by atoms with van der Waals surface area (Å²) in [6.45, 7) is 2.47. The minimum absolute atomic E-state index is 0.0402. The lowest BCUT2D eigenvalue weighted by molar-refractivity contribution is -0.151. The molecule has 1 saturated heterocycles. The van der Waals surface area contributed by atoms with E-state index in [-0.39, 0.29) is 11.9 Å². The van der Waals surface area contributed by atoms with Gasteiger partial charge in [0.25, 0.3) is 0 Å². The maximum absolute atomic E-state index is 11.6. The third-order valence-corrected chi connectivity index (χ3v) is 7.86. The standard InChI is InChI=1S/C27H35NO3/c1-30-27(29)24-17-28(18-24)16-19-6-7-23-15-26(13-10-22(23)14-19)31-25-11-8-21(9-12-25)20-4-2-3-5-20/h6-7,10,13-15,20-21,24-25H,2-5,8-9,11-12,16-18H2,1H3. The zero-order valence-electron chi connectivity index (χ0n) is 18.7. The minimum Gasteiger partial charge on any atom is -0.490 e. The van der Waals surface area contributed by atoms with Crippen molar-refractivity contribution >= 4 is 16.7 Å². The number of benzene rings is 2. The zero-order chi connectivity index (χ0) is 21.2. The van der Waals surface area contributed by atoms with Crippen molar-refractivity contribution in [3.8, 4) is 5.75 Å². The van der Waals surface area contributed by atoms with Crippen molar-refractivity contribution in [2.24, 2.45) is 17.8 Å². The lowest BCUT2D eigenvalue weighted by atomic mass is 9.78. The Labute approximate surface area is 185 Å². The number of ether oxygens (including phenoxy) is 2. The summed E-state index contributed by atoms with van der Waals surface area (Å²) in [5, 5.41) is 2.48. The topological polar surface area (TPSA) is 38.8 Å². The Kier molecular flexibility index (Phi) is 6.17. The smallest absolute Gasteiger partial charge is 0.311 e. The molecule has 5 rings (SSSR count). The highest BCUT2D eigenvalue weighted by atomic mass is 16.5. The highest BCUT2D eigenvalue weighted by Gasteiger charge is 2.33. The van der Waals surface area contributed by atoms with E-state index >= 15 is 0 Å². The minimum atomic E-state index is -0.0886. The van der Waals surface area contributed by atoms with Crippen LogP contribution in [-0.2, 0) is 16.1 Å². The Balaban J connectivity index is 1.15. The second kappa shape index (κ2) is 9.20. The molecule has 4 heteroatoms. The summed E-state index contributed by atoms with van der Waals surface area (Å²) < 4.78 is 11.2. The monoisotopic (exact) mass is 421 g/mol. The molecular formula is C27H35NO3. The average molecular weight is 422 g/mol. The van der Waals surface area contributed by atoms with Crippen LogP contribution in [0.4, 0.5) is 0 Å². The molecule has 2 aliphatic carbocycles. The molecule has 166 valence electrons. The van der Waals surface area contributed by atoms with Crippen molar-refractivity contribution in [3.63, 3.8) is 0 Å². The molecule has 0 unspecified atom stereocenters. The maximum Gasteiger partial charge on any atom is 0.311 e. The van der Waals surface area contributed by atoms with Crippen LogP contribution in [0.2, 0.25) is 0 Å². The molecule has 0 atom stereocenters. The number of esters is 1. The van der Waals surface area contributed by atoms with E-state index in [1.54, 1.807) is 0 Å². The summed E-state index contributed by atoms with van der Waals surface area (Å²) >= 11 is 0. The molecule has 3 aliphatic rings. The Morgan fingerprint density at radius 3 is 2.32 bits per heavy atom. The van der Waals surface area contributed by atoms with Crippen LogP contribution in [0, 0.1) is 17.8 Å². The third kappa shape index (κ3) is 4.74. The van der Waals surface area contributed by atoms with Crippen LogP contribution in [0.25, 0.3) is 10.8 Å². The molecule has 2 saturated carbocycles. The molecule has 1 aliphatic heterocycles. The van der Waals surface area contributed by atoms with Gasteiger partial charge in [0, 0.05) is 19.6 Å². The number of hydrogen-bond acceptors (Lipinski definition) is 4. The molecule has 0 bridgehead atoms. The summed E-state index contributed by atoms with van der Waals surface area (Å²) in [5.41, 5.74) is 1.29. The predicted octanol–water partition coefficient (Wildman–Crippen LogP) is 5.57. The van der Waals surface area contributed by atoms with Crippen LogP contribution in [0.3, 0.4) is 0 Å². The first-order valence-corrected chi connectivity index (χ1v) is 12.2. The SMILES string of the molecule is COC(=O)C1CN(Cc2ccc3cc(OC4CCC(C5CCCC5)CC4)ccc3c2)C1. The van der Waals surface area contributed by atoms with Gasteiger partial charge < -0.3 is 9.47 Å². The Hall–Kier alpha value is -2.07. The number of carbonyl (C=O) groups is 1. The summed E-state index contributed by atoms with van der Waals surface area (Å²) in [6.07, 6.45) is 11.3. The molecule has 0 spiro atoms. The summed E-state index contributed by atoms with van der Waals surface area (Å²) in [4.78, 5) is 13.9. The number of methoxy groups -OCH3 is 1. The molecule has 2 aromatic carbocycles. The average Bonchev–Trinajstić information content (AvgIpc) is 3.31. The van der Waals surface area contributed by atoms with Gasteiger partial charge in [-0.2, -0.15) is 0 Å². The van der Waals surface area contributed by atoms with Crippen molar-refractivity contribution in [1.82, 2.24) is 4.90 Å². The highest BCUT2D eigenvalue weighted by Crippen LogP contribution is 2.40. The van der Waals surface area contributed by atoms with Crippen molar-refractivity contribution in [2.75, 3.05) is 20.2 Å². The fourth-order valence-corrected chi connectivity index (χ4v) is 6.02. The molecule has 0 radical (unpaired) electrons. The van der Waals surface area contributed by atoms with Gasteiger partial charge in [-0.25, -0.2) is 0 Å². The molecular weight excluding hydrogens is 386 g/mol. The molecule has 3 fully saturated rings. The van der Waals surface area contributed by atoms with Crippen molar-refractivity contribution < 1.29 is 14.3 Å². The molecule has 0 aromatic heterocycles. The number of nitrogens with zero attached hydrogens (tertiary/aromatic N) is 1. The largest absolute Gasteiger partial charge is 0.490 e. The van der Waals surface area contributed by atoms with Crippen LogP contribution >= 0.6 is 0 Å². The van der Waals surface area contributed by atoms with Gasteiger partial charge in [-0.15, -0.1) is 0 Å². The van der Waals surface area contributed by atoms with E-state index in [0.29, 0.717) is 6.10 Å². The van der Waals surface area contributed by atoms with E-state index < -0.39 is 0 Å². The van der Waals surface area contributed by atoms with Crippen molar-refractivity contribution in [1.29, 1.82) is 0 Å². The van der Waals surface area contributed by atoms with Crippen LogP contribution in [0.1, 0.15) is 56.9 Å². The fraction of sp³-hybridized carbons (Fsp3) is 0.593. The second-order valence-corrected chi connectivity index (χ2v) is 9.96. The molecule has 31 heavy (non-hydrogen) atoms. The summed E-state index contributed by atoms with van der Waals surface area (Å²) in [5.74, 6) is 2.91. The van der Waals surface area contributed by atoms with E-state index in [1.165, 1.54) is 74.8 Å². The van der Waals surface area contributed by atoms with Gasteiger partial charge in [0.05, 0.1) is 19.1 Å². The fourth-order valence-electron chi connectivity index (χ4n) is 6.02. The first-order chi connectivity index (χ1) is 15.2. The lowest BCUT2D eigenvalue weighted by Gasteiger charge is -2.37. The number of hydrogen-bond donors (Lipinski definition) is 0. The van der Waals surface area contributed by atoms with Gasteiger partial charge in [-0.3, -0.25) is 9.69 Å². The Bertz CT molecular complexity index is 906. The summed E-state index contributed by atoms with van der Waals surface area (Å²) in [7, 11) is 1.47. The lowest BCUT2D eigenvalue weighted by Crippen LogP contribution is -2.49. The van der Waals surface area contributed by atoms with E-state index in [1.807, 2.05) is 0 Å². The van der Waals surface area contributed by atoms with Crippen molar-refractivity contribution in [2.45, 2.75) is 64.0 Å². The van der Waals surface area contributed by atoms with E-state index in [2.05, 4.69) is 41.3 Å². The number of rotatable bonds is 6. The summed E-state index contributed by atoms with van der Waals surface area (Å²) in [6, 6.07) is 13.2. The normalized spacial score (nSPS) is 25.5. The van der Waals surface area contributed by atoms with Gasteiger partial charge in [-0.1, -0.05) is 43.9 Å². The van der Waals surface area contributed by atoms with Crippen LogP contribution in [-0.4, -0.2) is 37.2 Å². The van der Waals surface area contributed by atoms with Crippen LogP contribution in [0.5, 0.6) is 5.75 Å². The second-order valence-electron chi connectivity index (χ2n) is 9.96. The molecule has 0 N–H and O–H groups in total. The zero-order valence-corrected chi connectivity index (χ0v) is 18.7. The Morgan fingerprint density at radius 2 is 1.58 bits per heavy atom. The van der Waals surface area contributed by atoms with Gasteiger partial charge in [0.15, 0.2) is 0 Å². The number of fused-ring (bicyclic) bond motifs is 1. The molecule has 1 heterocycles. The predicted molar refractivity (Wildman–Crippen MR) is 123 cm³/mol. The van der Waals surface area contributed by atoms with E-state index in [4.69, 9.17) is 9.47 Å². The molecule has 4 nitrogen and oxygen atoms in total.